The summed E-state index contributed by atoms with van der Waals surface area (Å²) < 4.78 is 37.1. The third kappa shape index (κ3) is 3.50. The summed E-state index contributed by atoms with van der Waals surface area (Å²) in [7, 11) is 0. The molecule has 2 aliphatic carbocycles. The average molecular weight is 651 g/mol. The smallest absolute Gasteiger partial charge is 0.351 e. The van der Waals surface area contributed by atoms with Gasteiger partial charge >= 0.3 is 23.9 Å². The van der Waals surface area contributed by atoms with E-state index < -0.39 is 74.5 Å². The van der Waals surface area contributed by atoms with E-state index in [1.807, 2.05) is 27.7 Å². The summed E-state index contributed by atoms with van der Waals surface area (Å²) in [5.74, 6) is -1.91. The van der Waals surface area contributed by atoms with Crippen molar-refractivity contribution in [2.75, 3.05) is 0 Å². The molecule has 2 aromatic rings. The Kier molecular flexibility index (Phi) is 6.04. The van der Waals surface area contributed by atoms with Crippen LogP contribution in [0.15, 0.2) is 21.3 Å². The van der Waals surface area contributed by atoms with Crippen molar-refractivity contribution in [3.05, 3.63) is 39.2 Å². The zero-order valence-corrected chi connectivity index (χ0v) is 28.6. The number of fused-ring (bicyclic) bond motifs is 7. The van der Waals surface area contributed by atoms with Gasteiger partial charge in [0, 0.05) is 16.9 Å². The van der Waals surface area contributed by atoms with E-state index in [1.54, 1.807) is 47.6 Å². The molecule has 0 spiro atoms. The van der Waals surface area contributed by atoms with Crippen molar-refractivity contribution in [1.82, 2.24) is 0 Å². The zero-order chi connectivity index (χ0) is 34.5. The van der Waals surface area contributed by atoms with Gasteiger partial charge in [-0.2, -0.15) is 0 Å². The number of ether oxygens (including phenoxy) is 5. The van der Waals surface area contributed by atoms with Crippen molar-refractivity contribution >= 4 is 34.8 Å². The van der Waals surface area contributed by atoms with Gasteiger partial charge in [0.15, 0.2) is 17.6 Å². The number of aryl methyl sites for hydroxylation is 2. The van der Waals surface area contributed by atoms with E-state index in [9.17, 15) is 24.0 Å². The number of esters is 4. The monoisotopic (exact) mass is 650 g/mol. The summed E-state index contributed by atoms with van der Waals surface area (Å²) >= 11 is 0. The second-order valence-electron chi connectivity index (χ2n) is 16.2. The summed E-state index contributed by atoms with van der Waals surface area (Å²) in [5, 5.41) is 0.263. The first-order valence-corrected chi connectivity index (χ1v) is 16.3. The lowest BCUT2D eigenvalue weighted by Gasteiger charge is -2.46. The van der Waals surface area contributed by atoms with Crippen LogP contribution in [0.2, 0.25) is 0 Å². The Balaban J connectivity index is 1.39. The minimum atomic E-state index is -1.60. The summed E-state index contributed by atoms with van der Waals surface area (Å²) in [4.78, 5) is 68.3. The highest BCUT2D eigenvalue weighted by molar-refractivity contribution is 5.95. The molecule has 0 unspecified atom stereocenters. The van der Waals surface area contributed by atoms with E-state index in [0.29, 0.717) is 24.2 Å². The van der Waals surface area contributed by atoms with Crippen LogP contribution in [-0.2, 0) is 38.1 Å². The molecule has 2 saturated carbocycles. The van der Waals surface area contributed by atoms with Crippen LogP contribution in [0.3, 0.4) is 0 Å². The molecule has 5 aliphatic rings. The van der Waals surface area contributed by atoms with Gasteiger partial charge in [0.1, 0.15) is 22.7 Å². The minimum Gasteiger partial charge on any atom is -0.483 e. The van der Waals surface area contributed by atoms with Crippen LogP contribution in [0, 0.1) is 35.5 Å². The number of benzene rings is 1. The molecule has 2 saturated heterocycles. The van der Waals surface area contributed by atoms with Crippen LogP contribution in [0.5, 0.6) is 5.75 Å². The van der Waals surface area contributed by atoms with Crippen molar-refractivity contribution < 1.29 is 47.3 Å². The predicted molar refractivity (Wildman–Crippen MR) is 165 cm³/mol. The second-order valence-corrected chi connectivity index (χ2v) is 16.2. The molecular weight excluding hydrogens is 608 g/mol. The number of hydrogen-bond donors (Lipinski definition) is 0. The Morgan fingerprint density at radius 1 is 0.723 bits per heavy atom. The summed E-state index contributed by atoms with van der Waals surface area (Å²) in [6.07, 6.45) is -1.28. The van der Waals surface area contributed by atoms with Crippen molar-refractivity contribution in [3.8, 4) is 5.75 Å². The van der Waals surface area contributed by atoms with Crippen molar-refractivity contribution in [1.29, 1.82) is 0 Å². The van der Waals surface area contributed by atoms with E-state index in [4.69, 9.17) is 28.1 Å². The lowest BCUT2D eigenvalue weighted by Crippen LogP contribution is -2.57. The molecule has 6 atom stereocenters. The molecule has 252 valence electrons. The Morgan fingerprint density at radius 2 is 1.23 bits per heavy atom. The van der Waals surface area contributed by atoms with Gasteiger partial charge in [-0.05, 0) is 78.9 Å². The van der Waals surface area contributed by atoms with E-state index in [1.165, 1.54) is 6.07 Å². The minimum absolute atomic E-state index is 0.134. The van der Waals surface area contributed by atoms with Gasteiger partial charge < -0.3 is 28.1 Å². The van der Waals surface area contributed by atoms with Crippen molar-refractivity contribution in [2.45, 2.75) is 124 Å². The third-order valence-electron chi connectivity index (χ3n) is 13.2. The highest BCUT2D eigenvalue weighted by Gasteiger charge is 2.78. The van der Waals surface area contributed by atoms with Crippen molar-refractivity contribution in [2.24, 2.45) is 21.7 Å². The van der Waals surface area contributed by atoms with E-state index >= 15 is 0 Å². The quantitative estimate of drug-likeness (QED) is 0.313. The molecule has 11 heteroatoms. The lowest BCUT2D eigenvalue weighted by molar-refractivity contribution is -0.217. The fourth-order valence-corrected chi connectivity index (χ4v) is 8.99. The molecule has 4 bridgehead atoms. The largest absolute Gasteiger partial charge is 0.483 e. The van der Waals surface area contributed by atoms with Gasteiger partial charge in [0.05, 0.1) is 21.8 Å². The molecule has 0 amide bonds. The standard InChI is InChI=1S/C36H42O11/c1-17-15-20-22(23-21(17)19(37)16-18(2)42-23)24(43-28(40)35-13-11-33(9,26(38)46-35)31(35,5)6)25(30(3,4)45-20)44-29(41)36-14-12-34(10,27(39)47-36)32(36,7)8/h15-16,24-25H,11-14H2,1-10H3/t24-,25-,33+,34+,35-,36-/m1/s1. The molecular formula is C36H42O11. The molecule has 1 aromatic heterocycles. The summed E-state index contributed by atoms with van der Waals surface area (Å²) in [6.45, 7) is 17.7. The number of rotatable bonds is 4. The maximum absolute atomic E-state index is 14.5. The second kappa shape index (κ2) is 8.96. The fourth-order valence-electron chi connectivity index (χ4n) is 8.99. The molecule has 7 rings (SSSR count). The van der Waals surface area contributed by atoms with E-state index in [0.717, 1.165) is 0 Å². The summed E-state index contributed by atoms with van der Waals surface area (Å²) in [6, 6.07) is 3.05. The first kappa shape index (κ1) is 31.7. The number of carbonyl (C=O) groups is 4. The normalized spacial score (nSPS) is 36.8. The molecule has 3 aliphatic heterocycles. The molecule has 47 heavy (non-hydrogen) atoms. The van der Waals surface area contributed by atoms with E-state index in [-0.39, 0.29) is 40.6 Å². The Hall–Kier alpha value is -3.89. The average Bonchev–Trinajstić information content (AvgIpc) is 3.42. The number of carbonyl (C=O) groups excluding carboxylic acids is 4. The Morgan fingerprint density at radius 3 is 1.70 bits per heavy atom. The summed E-state index contributed by atoms with van der Waals surface area (Å²) in [5.41, 5.74) is -7.43. The zero-order valence-electron chi connectivity index (χ0n) is 28.6. The van der Waals surface area contributed by atoms with Gasteiger partial charge in [0.2, 0.25) is 11.2 Å². The fraction of sp³-hybridized carbons (Fsp3) is 0.639. The maximum atomic E-state index is 14.5. The molecule has 0 radical (unpaired) electrons. The van der Waals surface area contributed by atoms with Crippen LogP contribution in [0.25, 0.3) is 11.0 Å². The lowest BCUT2D eigenvalue weighted by atomic mass is 9.66. The van der Waals surface area contributed by atoms with Crippen LogP contribution >= 0.6 is 0 Å². The van der Waals surface area contributed by atoms with E-state index in [2.05, 4.69) is 0 Å². The molecule has 4 heterocycles. The first-order chi connectivity index (χ1) is 21.6. The third-order valence-corrected chi connectivity index (χ3v) is 13.2. The topological polar surface area (TPSA) is 145 Å². The van der Waals surface area contributed by atoms with Gasteiger partial charge in [0.25, 0.3) is 0 Å². The van der Waals surface area contributed by atoms with Gasteiger partial charge in [-0.3, -0.25) is 14.4 Å². The molecule has 0 N–H and O–H groups in total. The molecule has 4 fully saturated rings. The van der Waals surface area contributed by atoms with Crippen molar-refractivity contribution in [3.63, 3.8) is 0 Å². The van der Waals surface area contributed by atoms with Gasteiger partial charge in [-0.25, -0.2) is 9.59 Å². The Bertz CT molecular complexity index is 1880. The van der Waals surface area contributed by atoms with Crippen LogP contribution < -0.4 is 10.2 Å². The van der Waals surface area contributed by atoms with Gasteiger partial charge in [-0.1, -0.05) is 27.7 Å². The molecule has 1 aromatic carbocycles. The Labute approximate surface area is 272 Å². The van der Waals surface area contributed by atoms with Crippen LogP contribution in [0.4, 0.5) is 0 Å². The van der Waals surface area contributed by atoms with Crippen LogP contribution in [0.1, 0.15) is 104 Å². The highest BCUT2D eigenvalue weighted by atomic mass is 16.7. The SMILES string of the molecule is Cc1cc(=O)c2c(C)cc3c(c2o1)[C@@H](OC(=O)[C@@]12CC[C@@](C)(C(=O)O1)C2(C)C)[C@@H](OC(=O)[C@@]12CC[C@@](C)(C(=O)O1)C2(C)C)C(C)(C)O3. The highest BCUT2D eigenvalue weighted by Crippen LogP contribution is 2.67. The maximum Gasteiger partial charge on any atom is 0.351 e. The number of hydrogen-bond acceptors (Lipinski definition) is 11. The van der Waals surface area contributed by atoms with Gasteiger partial charge in [-0.15, -0.1) is 0 Å². The molecule has 11 nitrogen and oxygen atoms in total. The van der Waals surface area contributed by atoms with Crippen LogP contribution in [-0.4, -0.2) is 46.8 Å². The predicted octanol–water partition coefficient (Wildman–Crippen LogP) is 5.32. The first-order valence-electron chi connectivity index (χ1n) is 16.3.